The van der Waals surface area contributed by atoms with E-state index in [2.05, 4.69) is 17.6 Å². The van der Waals surface area contributed by atoms with E-state index in [1.807, 2.05) is 36.4 Å². The highest BCUT2D eigenvalue weighted by molar-refractivity contribution is 5.89. The number of nitriles is 1. The summed E-state index contributed by atoms with van der Waals surface area (Å²) in [5.41, 5.74) is 1.80. The summed E-state index contributed by atoms with van der Waals surface area (Å²) in [6.07, 6.45) is 0. The Bertz CT molecular complexity index is 680. The zero-order valence-electron chi connectivity index (χ0n) is 13.0. The lowest BCUT2D eigenvalue weighted by atomic mass is 10.0. The third-order valence-corrected chi connectivity index (χ3v) is 3.33. The minimum absolute atomic E-state index is 0.0236. The molecule has 0 saturated heterocycles. The molecule has 0 aromatic heterocycles. The van der Waals surface area contributed by atoms with Gasteiger partial charge in [0.2, 0.25) is 0 Å². The van der Waals surface area contributed by atoms with Crippen LogP contribution in [0.4, 0.5) is 10.5 Å². The molecule has 118 valence electrons. The lowest BCUT2D eigenvalue weighted by Crippen LogP contribution is -2.31. The van der Waals surface area contributed by atoms with Crippen LogP contribution >= 0.6 is 0 Å². The van der Waals surface area contributed by atoms with Crippen LogP contribution in [-0.4, -0.2) is 19.2 Å². The van der Waals surface area contributed by atoms with Gasteiger partial charge in [-0.05, 0) is 23.6 Å². The van der Waals surface area contributed by atoms with Gasteiger partial charge in [-0.15, -0.1) is 0 Å². The molecule has 1 atom stereocenters. The Hall–Kier alpha value is -3.00. The summed E-state index contributed by atoms with van der Waals surface area (Å²) in [7, 11) is 0. The number of urea groups is 1. The minimum Gasteiger partial charge on any atom is -0.479 e. The number of amides is 2. The molecule has 2 aromatic rings. The van der Waals surface area contributed by atoms with Crippen molar-refractivity contribution in [3.05, 3.63) is 60.2 Å². The lowest BCUT2D eigenvalue weighted by Gasteiger charge is -2.14. The maximum atomic E-state index is 12.0. The SMILES string of the molecule is C[C@@H](CNC(=O)Nc1cccc(OCC#N)c1)c1ccccc1. The second-order valence-corrected chi connectivity index (χ2v) is 5.12. The first-order valence-corrected chi connectivity index (χ1v) is 7.38. The number of hydrogen-bond acceptors (Lipinski definition) is 3. The van der Waals surface area contributed by atoms with Crippen molar-refractivity contribution in [2.24, 2.45) is 0 Å². The molecular weight excluding hydrogens is 290 g/mol. The molecule has 0 radical (unpaired) electrons. The van der Waals surface area contributed by atoms with Gasteiger partial charge >= 0.3 is 6.03 Å². The number of hydrogen-bond donors (Lipinski definition) is 2. The molecule has 0 aliphatic rings. The summed E-state index contributed by atoms with van der Waals surface area (Å²) in [5, 5.41) is 14.1. The first-order chi connectivity index (χ1) is 11.2. The van der Waals surface area contributed by atoms with Crippen molar-refractivity contribution in [2.75, 3.05) is 18.5 Å². The lowest BCUT2D eigenvalue weighted by molar-refractivity contribution is 0.251. The van der Waals surface area contributed by atoms with Crippen molar-refractivity contribution in [2.45, 2.75) is 12.8 Å². The molecule has 0 bridgehead atoms. The van der Waals surface area contributed by atoms with Crippen LogP contribution < -0.4 is 15.4 Å². The summed E-state index contributed by atoms with van der Waals surface area (Å²) in [6.45, 7) is 2.58. The van der Waals surface area contributed by atoms with E-state index in [9.17, 15) is 4.79 Å². The Morgan fingerprint density at radius 2 is 2.00 bits per heavy atom. The van der Waals surface area contributed by atoms with Crippen molar-refractivity contribution < 1.29 is 9.53 Å². The van der Waals surface area contributed by atoms with Gasteiger partial charge < -0.3 is 15.4 Å². The average molecular weight is 309 g/mol. The van der Waals surface area contributed by atoms with Gasteiger partial charge in [-0.3, -0.25) is 0 Å². The summed E-state index contributed by atoms with van der Waals surface area (Å²) >= 11 is 0. The predicted molar refractivity (Wildman–Crippen MR) is 89.4 cm³/mol. The van der Waals surface area contributed by atoms with Crippen LogP contribution in [0.1, 0.15) is 18.4 Å². The van der Waals surface area contributed by atoms with E-state index in [1.165, 1.54) is 5.56 Å². The Balaban J connectivity index is 1.84. The largest absolute Gasteiger partial charge is 0.479 e. The molecule has 0 spiro atoms. The maximum Gasteiger partial charge on any atom is 0.319 e. The molecule has 23 heavy (non-hydrogen) atoms. The number of benzene rings is 2. The highest BCUT2D eigenvalue weighted by Gasteiger charge is 2.08. The van der Waals surface area contributed by atoms with Crippen LogP contribution in [0.15, 0.2) is 54.6 Å². The normalized spacial score (nSPS) is 11.1. The summed E-state index contributed by atoms with van der Waals surface area (Å²) < 4.78 is 5.20. The molecule has 0 unspecified atom stereocenters. The Labute approximate surface area is 135 Å². The Kier molecular flexibility index (Phi) is 6.01. The van der Waals surface area contributed by atoms with Crippen LogP contribution in [0.25, 0.3) is 0 Å². The van der Waals surface area contributed by atoms with Crippen LogP contribution in [0.5, 0.6) is 5.75 Å². The molecule has 0 heterocycles. The standard InChI is InChI=1S/C18H19N3O2/c1-14(15-6-3-2-4-7-15)13-20-18(22)21-16-8-5-9-17(12-16)23-11-10-19/h2-9,12,14H,11,13H2,1H3,(H2,20,21,22)/t14-/m0/s1. The van der Waals surface area contributed by atoms with Crippen molar-refractivity contribution in [1.82, 2.24) is 5.32 Å². The van der Waals surface area contributed by atoms with E-state index in [4.69, 9.17) is 10.00 Å². The molecule has 0 saturated carbocycles. The molecule has 5 heteroatoms. The van der Waals surface area contributed by atoms with Gasteiger partial charge in [0.15, 0.2) is 6.61 Å². The molecule has 2 aromatic carbocycles. The highest BCUT2D eigenvalue weighted by Crippen LogP contribution is 2.17. The van der Waals surface area contributed by atoms with E-state index >= 15 is 0 Å². The number of nitrogens with one attached hydrogen (secondary N) is 2. The van der Waals surface area contributed by atoms with E-state index in [0.717, 1.165) is 0 Å². The summed E-state index contributed by atoms with van der Waals surface area (Å²) in [5.74, 6) is 0.772. The van der Waals surface area contributed by atoms with Crippen LogP contribution in [-0.2, 0) is 0 Å². The highest BCUT2D eigenvalue weighted by atomic mass is 16.5. The number of nitrogens with zero attached hydrogens (tertiary/aromatic N) is 1. The molecule has 2 rings (SSSR count). The van der Waals surface area contributed by atoms with E-state index in [-0.39, 0.29) is 18.6 Å². The molecule has 0 fully saturated rings. The topological polar surface area (TPSA) is 74.2 Å². The van der Waals surface area contributed by atoms with Crippen molar-refractivity contribution in [3.63, 3.8) is 0 Å². The first kappa shape index (κ1) is 16.4. The number of anilines is 1. The van der Waals surface area contributed by atoms with Crippen LogP contribution in [0.3, 0.4) is 0 Å². The summed E-state index contributed by atoms with van der Waals surface area (Å²) in [6, 6.07) is 18.6. The second kappa shape index (κ2) is 8.44. The quantitative estimate of drug-likeness (QED) is 0.857. The Morgan fingerprint density at radius 3 is 2.74 bits per heavy atom. The van der Waals surface area contributed by atoms with Gasteiger partial charge in [-0.25, -0.2) is 4.79 Å². The fraction of sp³-hybridized carbons (Fsp3) is 0.222. The van der Waals surface area contributed by atoms with Gasteiger partial charge in [0.25, 0.3) is 0 Å². The molecule has 0 aliphatic carbocycles. The summed E-state index contributed by atoms with van der Waals surface area (Å²) in [4.78, 5) is 12.0. The third-order valence-electron chi connectivity index (χ3n) is 3.33. The predicted octanol–water partition coefficient (Wildman–Crippen LogP) is 3.51. The van der Waals surface area contributed by atoms with Gasteiger partial charge in [0.1, 0.15) is 11.8 Å². The maximum absolute atomic E-state index is 12.0. The number of carbonyl (C=O) groups is 1. The smallest absolute Gasteiger partial charge is 0.319 e. The zero-order chi connectivity index (χ0) is 16.5. The molecular formula is C18H19N3O2. The Morgan fingerprint density at radius 1 is 1.22 bits per heavy atom. The minimum atomic E-state index is -0.273. The molecule has 2 N–H and O–H groups in total. The molecule has 0 aliphatic heterocycles. The fourth-order valence-corrected chi connectivity index (χ4v) is 2.10. The zero-order valence-corrected chi connectivity index (χ0v) is 13.0. The van der Waals surface area contributed by atoms with Crippen molar-refractivity contribution in [1.29, 1.82) is 5.26 Å². The van der Waals surface area contributed by atoms with Gasteiger partial charge in [-0.2, -0.15) is 5.26 Å². The van der Waals surface area contributed by atoms with Crippen molar-refractivity contribution in [3.8, 4) is 11.8 Å². The molecule has 5 nitrogen and oxygen atoms in total. The second-order valence-electron chi connectivity index (χ2n) is 5.12. The third kappa shape index (κ3) is 5.36. The van der Waals surface area contributed by atoms with Gasteiger partial charge in [-0.1, -0.05) is 43.3 Å². The van der Waals surface area contributed by atoms with Crippen LogP contribution in [0.2, 0.25) is 0 Å². The van der Waals surface area contributed by atoms with Crippen LogP contribution in [0, 0.1) is 11.3 Å². The fourth-order valence-electron chi connectivity index (χ4n) is 2.10. The van der Waals surface area contributed by atoms with E-state index < -0.39 is 0 Å². The molecule has 2 amide bonds. The van der Waals surface area contributed by atoms with Crippen molar-refractivity contribution >= 4 is 11.7 Å². The average Bonchev–Trinajstić information content (AvgIpc) is 2.59. The monoisotopic (exact) mass is 309 g/mol. The number of carbonyl (C=O) groups excluding carboxylic acids is 1. The van der Waals surface area contributed by atoms with E-state index in [0.29, 0.717) is 18.0 Å². The van der Waals surface area contributed by atoms with E-state index in [1.54, 1.807) is 24.3 Å². The van der Waals surface area contributed by atoms with Gasteiger partial charge in [0.05, 0.1) is 0 Å². The number of rotatable bonds is 6. The first-order valence-electron chi connectivity index (χ1n) is 7.38. The van der Waals surface area contributed by atoms with Gasteiger partial charge in [0, 0.05) is 18.3 Å². The number of ether oxygens (including phenoxy) is 1.